The number of fused-ring (bicyclic) bond motifs is 1. The summed E-state index contributed by atoms with van der Waals surface area (Å²) in [4.78, 5) is 6.91. The van der Waals surface area contributed by atoms with E-state index in [1.165, 1.54) is 0 Å². The number of nitrogens with zero attached hydrogens (tertiary/aromatic N) is 3. The van der Waals surface area contributed by atoms with Gasteiger partial charge >= 0.3 is 0 Å². The summed E-state index contributed by atoms with van der Waals surface area (Å²) < 4.78 is 27.2. The molecule has 0 saturated carbocycles. The number of anilines is 1. The predicted octanol–water partition coefficient (Wildman–Crippen LogP) is 1.69. The molecular formula is C19H26N4O2S. The van der Waals surface area contributed by atoms with Gasteiger partial charge in [-0.3, -0.25) is 0 Å². The predicted molar refractivity (Wildman–Crippen MR) is 105 cm³/mol. The number of hydrogen-bond acceptors (Lipinski definition) is 5. The van der Waals surface area contributed by atoms with Crippen molar-refractivity contribution in [1.29, 1.82) is 0 Å². The molecule has 1 aromatic heterocycles. The molecular weight excluding hydrogens is 348 g/mol. The molecule has 2 aliphatic rings. The summed E-state index contributed by atoms with van der Waals surface area (Å²) in [6.07, 6.45) is 1.92. The third-order valence-electron chi connectivity index (χ3n) is 5.44. The topological polar surface area (TPSA) is 65.5 Å². The van der Waals surface area contributed by atoms with Crippen LogP contribution in [0.15, 0.2) is 36.4 Å². The third kappa shape index (κ3) is 3.84. The number of para-hydroxylation sites is 1. The molecule has 2 fully saturated rings. The number of aromatic nitrogens is 1. The second-order valence-electron chi connectivity index (χ2n) is 7.22. The average molecular weight is 375 g/mol. The molecule has 2 aliphatic heterocycles. The first-order valence-electron chi connectivity index (χ1n) is 9.41. The van der Waals surface area contributed by atoms with Gasteiger partial charge in [0.2, 0.25) is 10.0 Å². The number of nitrogens with one attached hydrogen (secondary N) is 1. The Morgan fingerprint density at radius 1 is 1.00 bits per heavy atom. The van der Waals surface area contributed by atoms with Crippen LogP contribution in [0.1, 0.15) is 12.8 Å². The first-order chi connectivity index (χ1) is 12.6. The van der Waals surface area contributed by atoms with Crippen molar-refractivity contribution >= 4 is 26.7 Å². The molecule has 0 spiro atoms. The summed E-state index contributed by atoms with van der Waals surface area (Å²) in [7, 11) is -3.16. The van der Waals surface area contributed by atoms with Gasteiger partial charge in [-0.25, -0.2) is 13.4 Å². The Kier molecular flexibility index (Phi) is 5.11. The molecule has 7 heteroatoms. The van der Waals surface area contributed by atoms with Gasteiger partial charge in [-0.2, -0.15) is 4.31 Å². The Morgan fingerprint density at radius 3 is 2.50 bits per heavy atom. The van der Waals surface area contributed by atoms with Crippen molar-refractivity contribution in [1.82, 2.24) is 14.6 Å². The van der Waals surface area contributed by atoms with E-state index in [0.717, 1.165) is 42.7 Å². The minimum absolute atomic E-state index is 0.293. The van der Waals surface area contributed by atoms with E-state index in [1.54, 1.807) is 4.31 Å². The molecule has 6 nitrogen and oxygen atoms in total. The van der Waals surface area contributed by atoms with E-state index in [4.69, 9.17) is 4.98 Å². The second-order valence-corrected chi connectivity index (χ2v) is 9.23. The molecule has 1 aromatic carbocycles. The van der Waals surface area contributed by atoms with Crippen molar-refractivity contribution in [2.75, 3.05) is 49.9 Å². The van der Waals surface area contributed by atoms with Gasteiger partial charge in [-0.1, -0.05) is 18.2 Å². The van der Waals surface area contributed by atoms with Crippen molar-refractivity contribution in [3.8, 4) is 0 Å². The van der Waals surface area contributed by atoms with Crippen molar-refractivity contribution in [3.05, 3.63) is 36.4 Å². The van der Waals surface area contributed by atoms with Crippen molar-refractivity contribution in [2.24, 2.45) is 5.92 Å². The Balaban J connectivity index is 1.39. The SMILES string of the molecule is O=S(=O)(CC1CCNCC1)N1CCN(c2ccc3ccccc3n2)CC1. The highest BCUT2D eigenvalue weighted by atomic mass is 32.2. The number of benzene rings is 1. The Hall–Kier alpha value is -1.70. The maximum absolute atomic E-state index is 12.7. The van der Waals surface area contributed by atoms with Crippen LogP contribution in [0, 0.1) is 5.92 Å². The summed E-state index contributed by atoms with van der Waals surface area (Å²) >= 11 is 0. The van der Waals surface area contributed by atoms with Gasteiger partial charge in [-0.15, -0.1) is 0 Å². The molecule has 4 rings (SSSR count). The molecule has 0 radical (unpaired) electrons. The fourth-order valence-corrected chi connectivity index (χ4v) is 5.74. The quantitative estimate of drug-likeness (QED) is 0.882. The van der Waals surface area contributed by atoms with Crippen LogP contribution in [0.5, 0.6) is 0 Å². The Bertz CT molecular complexity index is 857. The summed E-state index contributed by atoms with van der Waals surface area (Å²) in [5.41, 5.74) is 0.978. The lowest BCUT2D eigenvalue weighted by atomic mass is 10.0. The van der Waals surface area contributed by atoms with Gasteiger partial charge in [-0.05, 0) is 50.0 Å². The van der Waals surface area contributed by atoms with Gasteiger partial charge in [0, 0.05) is 31.6 Å². The first kappa shape index (κ1) is 17.7. The number of pyridine rings is 1. The van der Waals surface area contributed by atoms with E-state index in [1.807, 2.05) is 24.3 Å². The molecule has 1 N–H and O–H groups in total. The number of piperazine rings is 1. The number of piperidine rings is 1. The zero-order valence-corrected chi connectivity index (χ0v) is 15.8. The van der Waals surface area contributed by atoms with E-state index < -0.39 is 10.0 Å². The maximum Gasteiger partial charge on any atom is 0.214 e. The summed E-state index contributed by atoms with van der Waals surface area (Å²) in [6.45, 7) is 4.33. The van der Waals surface area contributed by atoms with Gasteiger partial charge in [0.1, 0.15) is 5.82 Å². The van der Waals surface area contributed by atoms with E-state index >= 15 is 0 Å². The van der Waals surface area contributed by atoms with Crippen LogP contribution < -0.4 is 10.2 Å². The molecule has 2 saturated heterocycles. The summed E-state index contributed by atoms with van der Waals surface area (Å²) in [6, 6.07) is 12.2. The van der Waals surface area contributed by atoms with E-state index in [-0.39, 0.29) is 0 Å². The molecule has 0 bridgehead atoms. The summed E-state index contributed by atoms with van der Waals surface area (Å²) in [5.74, 6) is 1.52. The molecule has 0 amide bonds. The van der Waals surface area contributed by atoms with Crippen LogP contribution in [0.2, 0.25) is 0 Å². The van der Waals surface area contributed by atoms with Crippen LogP contribution in [-0.2, 0) is 10.0 Å². The monoisotopic (exact) mass is 374 g/mol. The highest BCUT2D eigenvalue weighted by Gasteiger charge is 2.30. The lowest BCUT2D eigenvalue weighted by Gasteiger charge is -2.35. The van der Waals surface area contributed by atoms with Gasteiger partial charge in [0.05, 0.1) is 11.3 Å². The molecule has 2 aromatic rings. The number of sulfonamides is 1. The van der Waals surface area contributed by atoms with Crippen molar-refractivity contribution in [2.45, 2.75) is 12.8 Å². The molecule has 0 atom stereocenters. The third-order valence-corrected chi connectivity index (χ3v) is 7.49. The van der Waals surface area contributed by atoms with Crippen LogP contribution in [-0.4, -0.2) is 62.7 Å². The fourth-order valence-electron chi connectivity index (χ4n) is 3.88. The van der Waals surface area contributed by atoms with Gasteiger partial charge in [0.25, 0.3) is 0 Å². The molecule has 26 heavy (non-hydrogen) atoms. The van der Waals surface area contributed by atoms with Gasteiger partial charge < -0.3 is 10.2 Å². The van der Waals surface area contributed by atoms with Crippen LogP contribution in [0.25, 0.3) is 10.9 Å². The molecule has 3 heterocycles. The number of rotatable bonds is 4. The lowest BCUT2D eigenvalue weighted by Crippen LogP contribution is -2.50. The summed E-state index contributed by atoms with van der Waals surface area (Å²) in [5, 5.41) is 4.42. The lowest BCUT2D eigenvalue weighted by molar-refractivity contribution is 0.362. The second kappa shape index (κ2) is 7.50. The maximum atomic E-state index is 12.7. The average Bonchev–Trinajstić information content (AvgIpc) is 2.68. The Morgan fingerprint density at radius 2 is 1.73 bits per heavy atom. The normalized spacial score (nSPS) is 20.5. The fraction of sp³-hybridized carbons (Fsp3) is 0.526. The molecule has 140 valence electrons. The molecule has 0 aliphatic carbocycles. The van der Waals surface area contributed by atoms with Crippen LogP contribution in [0.3, 0.4) is 0 Å². The van der Waals surface area contributed by atoms with Crippen molar-refractivity contribution in [3.63, 3.8) is 0 Å². The van der Waals surface area contributed by atoms with E-state index in [9.17, 15) is 8.42 Å². The van der Waals surface area contributed by atoms with Crippen molar-refractivity contribution < 1.29 is 8.42 Å². The smallest absolute Gasteiger partial charge is 0.214 e. The Labute approximate surface area is 155 Å². The highest BCUT2D eigenvalue weighted by molar-refractivity contribution is 7.89. The minimum atomic E-state index is -3.16. The first-order valence-corrected chi connectivity index (χ1v) is 11.0. The van der Waals surface area contributed by atoms with Crippen LogP contribution >= 0.6 is 0 Å². The highest BCUT2D eigenvalue weighted by Crippen LogP contribution is 2.21. The standard InChI is InChI=1S/C19H26N4O2S/c24-26(25,15-16-7-9-20-10-8-16)23-13-11-22(12-14-23)19-6-5-17-3-1-2-4-18(17)21-19/h1-6,16,20H,7-15H2. The minimum Gasteiger partial charge on any atom is -0.354 e. The number of hydrogen-bond donors (Lipinski definition) is 1. The zero-order chi connectivity index (χ0) is 18.0. The van der Waals surface area contributed by atoms with Gasteiger partial charge in [0.15, 0.2) is 0 Å². The van der Waals surface area contributed by atoms with E-state index in [0.29, 0.717) is 37.8 Å². The van der Waals surface area contributed by atoms with E-state index in [2.05, 4.69) is 22.3 Å². The van der Waals surface area contributed by atoms with Crippen LogP contribution in [0.4, 0.5) is 5.82 Å². The zero-order valence-electron chi connectivity index (χ0n) is 15.0. The largest absolute Gasteiger partial charge is 0.354 e. The molecule has 0 unspecified atom stereocenters.